The minimum Gasteiger partial charge on any atom is -0.368 e. The zero-order valence-electron chi connectivity index (χ0n) is 15.2. The van der Waals surface area contributed by atoms with Crippen molar-refractivity contribution in [1.29, 1.82) is 0 Å². The Morgan fingerprint density at radius 1 is 1.04 bits per heavy atom. The molecule has 146 valence electrons. The van der Waals surface area contributed by atoms with Gasteiger partial charge in [-0.25, -0.2) is 4.79 Å². The second-order valence-corrected chi connectivity index (χ2v) is 6.48. The van der Waals surface area contributed by atoms with Crippen LogP contribution >= 0.6 is 0 Å². The average Bonchev–Trinajstić information content (AvgIpc) is 2.69. The third-order valence-corrected chi connectivity index (χ3v) is 4.66. The van der Waals surface area contributed by atoms with Crippen LogP contribution in [0.25, 0.3) is 0 Å². The molecule has 0 saturated carbocycles. The maximum atomic E-state index is 12.5. The molecular formula is C19H21N5O4. The summed E-state index contributed by atoms with van der Waals surface area (Å²) in [4.78, 5) is 38.3. The third kappa shape index (κ3) is 4.44. The number of nitro benzene ring substituents is 1. The zero-order valence-corrected chi connectivity index (χ0v) is 15.2. The lowest BCUT2D eigenvalue weighted by molar-refractivity contribution is -0.384. The molecule has 2 aromatic carbocycles. The molecule has 1 fully saturated rings. The Hall–Kier alpha value is -3.46. The van der Waals surface area contributed by atoms with Crippen molar-refractivity contribution < 1.29 is 14.5 Å². The van der Waals surface area contributed by atoms with Crippen LogP contribution < -0.4 is 11.1 Å². The highest BCUT2D eigenvalue weighted by molar-refractivity contribution is 5.89. The van der Waals surface area contributed by atoms with Gasteiger partial charge in [0.05, 0.1) is 4.92 Å². The van der Waals surface area contributed by atoms with Gasteiger partial charge in [-0.15, -0.1) is 0 Å². The zero-order chi connectivity index (χ0) is 20.1. The van der Waals surface area contributed by atoms with E-state index >= 15 is 0 Å². The van der Waals surface area contributed by atoms with Gasteiger partial charge in [-0.05, 0) is 11.6 Å². The number of urea groups is 1. The SMILES string of the molecule is NC(=O)C(c1ccccc1)N1CCN(C(=O)Nc2cccc([N+](=O)[O-])c2)CC1. The highest BCUT2D eigenvalue weighted by Crippen LogP contribution is 2.22. The number of non-ortho nitro benzene ring substituents is 1. The van der Waals surface area contributed by atoms with Crippen molar-refractivity contribution in [1.82, 2.24) is 9.80 Å². The maximum absolute atomic E-state index is 12.5. The summed E-state index contributed by atoms with van der Waals surface area (Å²) in [7, 11) is 0. The molecule has 9 nitrogen and oxygen atoms in total. The summed E-state index contributed by atoms with van der Waals surface area (Å²) in [6.07, 6.45) is 0. The van der Waals surface area contributed by atoms with Crippen LogP contribution in [0.4, 0.5) is 16.2 Å². The lowest BCUT2D eigenvalue weighted by Gasteiger charge is -2.38. The van der Waals surface area contributed by atoms with Crippen LogP contribution in [0.2, 0.25) is 0 Å². The maximum Gasteiger partial charge on any atom is 0.321 e. The van der Waals surface area contributed by atoms with Gasteiger partial charge in [0.1, 0.15) is 6.04 Å². The summed E-state index contributed by atoms with van der Waals surface area (Å²) in [6.45, 7) is 1.81. The largest absolute Gasteiger partial charge is 0.368 e. The second-order valence-electron chi connectivity index (χ2n) is 6.48. The minimum absolute atomic E-state index is 0.0882. The van der Waals surface area contributed by atoms with Gasteiger partial charge in [-0.1, -0.05) is 36.4 Å². The van der Waals surface area contributed by atoms with Crippen LogP contribution in [0.1, 0.15) is 11.6 Å². The lowest BCUT2D eigenvalue weighted by atomic mass is 10.0. The van der Waals surface area contributed by atoms with E-state index in [0.29, 0.717) is 31.9 Å². The van der Waals surface area contributed by atoms with E-state index < -0.39 is 16.9 Å². The molecule has 1 aliphatic heterocycles. The second kappa shape index (κ2) is 8.49. The first kappa shape index (κ1) is 19.3. The quantitative estimate of drug-likeness (QED) is 0.604. The van der Waals surface area contributed by atoms with Crippen molar-refractivity contribution in [2.45, 2.75) is 6.04 Å². The first-order valence-corrected chi connectivity index (χ1v) is 8.84. The predicted molar refractivity (Wildman–Crippen MR) is 104 cm³/mol. The number of primary amides is 1. The molecular weight excluding hydrogens is 362 g/mol. The molecule has 3 N–H and O–H groups in total. The van der Waals surface area contributed by atoms with Crippen LogP contribution in [0.15, 0.2) is 54.6 Å². The molecule has 3 rings (SSSR count). The van der Waals surface area contributed by atoms with E-state index in [4.69, 9.17) is 5.73 Å². The van der Waals surface area contributed by atoms with Crippen molar-refractivity contribution in [3.05, 3.63) is 70.3 Å². The number of carbonyl (C=O) groups excluding carboxylic acids is 2. The Morgan fingerprint density at radius 3 is 2.32 bits per heavy atom. The van der Waals surface area contributed by atoms with Gasteiger partial charge >= 0.3 is 6.03 Å². The predicted octanol–water partition coefficient (Wildman–Crippen LogP) is 1.97. The smallest absolute Gasteiger partial charge is 0.321 e. The minimum atomic E-state index is -0.539. The topological polar surface area (TPSA) is 122 Å². The summed E-state index contributed by atoms with van der Waals surface area (Å²) in [5, 5.41) is 13.5. The Balaban J connectivity index is 1.61. The van der Waals surface area contributed by atoms with E-state index in [0.717, 1.165) is 5.56 Å². The average molecular weight is 383 g/mol. The monoisotopic (exact) mass is 383 g/mol. The Bertz CT molecular complexity index is 866. The van der Waals surface area contributed by atoms with E-state index in [1.807, 2.05) is 35.2 Å². The molecule has 1 saturated heterocycles. The van der Waals surface area contributed by atoms with Gasteiger partial charge in [-0.2, -0.15) is 0 Å². The molecule has 0 bridgehead atoms. The summed E-state index contributed by atoms with van der Waals surface area (Å²) < 4.78 is 0. The van der Waals surface area contributed by atoms with Crippen LogP contribution in [0, 0.1) is 10.1 Å². The van der Waals surface area contributed by atoms with Gasteiger partial charge in [0.25, 0.3) is 5.69 Å². The van der Waals surface area contributed by atoms with Crippen molar-refractivity contribution in [3.63, 3.8) is 0 Å². The van der Waals surface area contributed by atoms with Crippen molar-refractivity contribution in [2.75, 3.05) is 31.5 Å². The Kier molecular flexibility index (Phi) is 5.85. The summed E-state index contributed by atoms with van der Waals surface area (Å²) >= 11 is 0. The fourth-order valence-electron chi connectivity index (χ4n) is 3.27. The van der Waals surface area contributed by atoms with E-state index in [1.165, 1.54) is 18.2 Å². The number of benzene rings is 2. The van der Waals surface area contributed by atoms with Crippen LogP contribution in [0.3, 0.4) is 0 Å². The van der Waals surface area contributed by atoms with Gasteiger partial charge < -0.3 is 16.0 Å². The first-order valence-electron chi connectivity index (χ1n) is 8.84. The Morgan fingerprint density at radius 2 is 1.71 bits per heavy atom. The van der Waals surface area contributed by atoms with Gasteiger partial charge in [0.15, 0.2) is 0 Å². The lowest BCUT2D eigenvalue weighted by Crippen LogP contribution is -2.52. The van der Waals surface area contributed by atoms with Gasteiger partial charge in [-0.3, -0.25) is 19.8 Å². The van der Waals surface area contributed by atoms with Crippen LogP contribution in [0.5, 0.6) is 0 Å². The van der Waals surface area contributed by atoms with E-state index in [-0.39, 0.29) is 11.7 Å². The molecule has 28 heavy (non-hydrogen) atoms. The van der Waals surface area contributed by atoms with Crippen molar-refractivity contribution >= 4 is 23.3 Å². The van der Waals surface area contributed by atoms with Crippen molar-refractivity contribution in [2.24, 2.45) is 5.73 Å². The fraction of sp³-hybridized carbons (Fsp3) is 0.263. The molecule has 0 aromatic heterocycles. The third-order valence-electron chi connectivity index (χ3n) is 4.66. The molecule has 1 atom stereocenters. The van der Waals surface area contributed by atoms with E-state index in [9.17, 15) is 19.7 Å². The summed E-state index contributed by atoms with van der Waals surface area (Å²) in [5.74, 6) is -0.430. The number of nitrogens with zero attached hydrogens (tertiary/aromatic N) is 3. The number of hydrogen-bond donors (Lipinski definition) is 2. The van der Waals surface area contributed by atoms with Crippen LogP contribution in [-0.4, -0.2) is 52.8 Å². The molecule has 0 radical (unpaired) electrons. The number of nitro groups is 1. The van der Waals surface area contributed by atoms with E-state index in [2.05, 4.69) is 5.32 Å². The first-order chi connectivity index (χ1) is 13.5. The Labute approximate surface area is 161 Å². The number of anilines is 1. The van der Waals surface area contributed by atoms with Crippen LogP contribution in [-0.2, 0) is 4.79 Å². The number of nitrogens with two attached hydrogens (primary N) is 1. The molecule has 1 unspecified atom stereocenters. The molecule has 3 amide bonds. The van der Waals surface area contributed by atoms with E-state index in [1.54, 1.807) is 11.0 Å². The standard InChI is InChI=1S/C19H21N5O4/c20-18(25)17(14-5-2-1-3-6-14)22-9-11-23(12-10-22)19(26)21-15-7-4-8-16(13-15)24(27)28/h1-8,13,17H,9-12H2,(H2,20,25)(H,21,26). The summed E-state index contributed by atoms with van der Waals surface area (Å²) in [6, 6.07) is 14.2. The number of nitrogens with one attached hydrogen (secondary N) is 1. The molecule has 2 aromatic rings. The van der Waals surface area contributed by atoms with Crippen molar-refractivity contribution in [3.8, 4) is 0 Å². The number of hydrogen-bond acceptors (Lipinski definition) is 5. The molecule has 1 aliphatic rings. The molecule has 9 heteroatoms. The van der Waals surface area contributed by atoms with Gasteiger partial charge in [0, 0.05) is 44.0 Å². The number of piperazine rings is 1. The molecule has 1 heterocycles. The molecule has 0 aliphatic carbocycles. The summed E-state index contributed by atoms with van der Waals surface area (Å²) in [5.41, 5.74) is 6.70. The number of rotatable bonds is 5. The highest BCUT2D eigenvalue weighted by atomic mass is 16.6. The molecule has 0 spiro atoms. The van der Waals surface area contributed by atoms with Gasteiger partial charge in [0.2, 0.25) is 5.91 Å². The number of amides is 3. The normalized spacial score (nSPS) is 15.6. The number of carbonyl (C=O) groups is 2. The fourth-order valence-corrected chi connectivity index (χ4v) is 3.27. The highest BCUT2D eigenvalue weighted by Gasteiger charge is 2.30.